The molecule has 0 aliphatic rings. The molecule has 2 rings (SSSR count). The summed E-state index contributed by atoms with van der Waals surface area (Å²) >= 11 is 0. The quantitative estimate of drug-likeness (QED) is 0.628. The third-order valence-corrected chi connectivity index (χ3v) is 2.92. The van der Waals surface area contributed by atoms with Gasteiger partial charge in [-0.2, -0.15) is 0 Å². The van der Waals surface area contributed by atoms with Crippen LogP contribution in [0.5, 0.6) is 0 Å². The third-order valence-electron chi connectivity index (χ3n) is 2.92. The smallest absolute Gasteiger partial charge is 0.0461 e. The Labute approximate surface area is 78.8 Å². The number of fused-ring (bicyclic) bond motifs is 1. The maximum atomic E-state index is 3.39. The number of aromatic amines is 1. The molecule has 0 fully saturated rings. The van der Waals surface area contributed by atoms with Crippen molar-refractivity contribution in [1.29, 1.82) is 0 Å². The van der Waals surface area contributed by atoms with Gasteiger partial charge in [-0.25, -0.2) is 0 Å². The summed E-state index contributed by atoms with van der Waals surface area (Å²) in [6.45, 7) is 8.61. The van der Waals surface area contributed by atoms with Crippen LogP contribution < -0.4 is 0 Å². The maximum absolute atomic E-state index is 3.39. The zero-order valence-electron chi connectivity index (χ0n) is 8.65. The summed E-state index contributed by atoms with van der Waals surface area (Å²) in [6, 6.07) is 4.49. The summed E-state index contributed by atoms with van der Waals surface area (Å²) in [7, 11) is 0. The van der Waals surface area contributed by atoms with Gasteiger partial charge in [0.05, 0.1) is 0 Å². The lowest BCUT2D eigenvalue weighted by Crippen LogP contribution is -1.80. The standard InChI is InChI=1S/C12H15N/c1-7-5-11-9(3)10(4)13-12(11)6-8(7)2/h5-6,13H,1-4H3. The Kier molecular flexibility index (Phi) is 1.69. The van der Waals surface area contributed by atoms with Gasteiger partial charge in [-0.05, 0) is 56.5 Å². The Morgan fingerprint density at radius 2 is 1.54 bits per heavy atom. The van der Waals surface area contributed by atoms with Gasteiger partial charge in [0.15, 0.2) is 0 Å². The normalized spacial score (nSPS) is 11.1. The van der Waals surface area contributed by atoms with Gasteiger partial charge >= 0.3 is 0 Å². The van der Waals surface area contributed by atoms with Gasteiger partial charge < -0.3 is 4.98 Å². The van der Waals surface area contributed by atoms with E-state index in [0.29, 0.717) is 0 Å². The van der Waals surface area contributed by atoms with Gasteiger partial charge in [-0.15, -0.1) is 0 Å². The van der Waals surface area contributed by atoms with Crippen molar-refractivity contribution in [3.63, 3.8) is 0 Å². The zero-order valence-corrected chi connectivity index (χ0v) is 8.65. The van der Waals surface area contributed by atoms with Crippen molar-refractivity contribution in [3.8, 4) is 0 Å². The third kappa shape index (κ3) is 1.15. The molecule has 0 aliphatic carbocycles. The lowest BCUT2D eigenvalue weighted by molar-refractivity contribution is 1.25. The van der Waals surface area contributed by atoms with Crippen LogP contribution in [0.1, 0.15) is 22.4 Å². The molecule has 0 unspecified atom stereocenters. The van der Waals surface area contributed by atoms with Crippen LogP contribution in [-0.2, 0) is 0 Å². The number of benzene rings is 1. The van der Waals surface area contributed by atoms with Gasteiger partial charge in [0.1, 0.15) is 0 Å². The van der Waals surface area contributed by atoms with Crippen LogP contribution in [0.2, 0.25) is 0 Å². The van der Waals surface area contributed by atoms with Crippen molar-refractivity contribution in [2.24, 2.45) is 0 Å². The molecule has 13 heavy (non-hydrogen) atoms. The van der Waals surface area contributed by atoms with E-state index in [2.05, 4.69) is 44.8 Å². The minimum absolute atomic E-state index is 1.26. The molecule has 0 spiro atoms. The molecule has 68 valence electrons. The van der Waals surface area contributed by atoms with Gasteiger partial charge in [0.2, 0.25) is 0 Å². The minimum Gasteiger partial charge on any atom is -0.358 e. The van der Waals surface area contributed by atoms with E-state index in [1.165, 1.54) is 33.3 Å². The number of aryl methyl sites for hydroxylation is 4. The highest BCUT2D eigenvalue weighted by Crippen LogP contribution is 2.24. The molecule has 0 saturated carbocycles. The van der Waals surface area contributed by atoms with Crippen LogP contribution in [0, 0.1) is 27.7 Å². The SMILES string of the molecule is Cc1cc2[nH]c(C)c(C)c2cc1C. The highest BCUT2D eigenvalue weighted by Gasteiger charge is 2.04. The second-order valence-electron chi connectivity index (χ2n) is 3.86. The first-order valence-electron chi connectivity index (χ1n) is 4.65. The predicted octanol–water partition coefficient (Wildman–Crippen LogP) is 3.40. The Hall–Kier alpha value is -1.24. The fraction of sp³-hybridized carbons (Fsp3) is 0.333. The molecule has 1 N–H and O–H groups in total. The fourth-order valence-electron chi connectivity index (χ4n) is 1.73. The van der Waals surface area contributed by atoms with Gasteiger partial charge in [-0.3, -0.25) is 0 Å². The van der Waals surface area contributed by atoms with Gasteiger partial charge in [-0.1, -0.05) is 0 Å². The van der Waals surface area contributed by atoms with E-state index in [1.807, 2.05) is 0 Å². The van der Waals surface area contributed by atoms with E-state index in [-0.39, 0.29) is 0 Å². The number of hydrogen-bond acceptors (Lipinski definition) is 0. The van der Waals surface area contributed by atoms with Crippen molar-refractivity contribution >= 4 is 10.9 Å². The van der Waals surface area contributed by atoms with E-state index >= 15 is 0 Å². The van der Waals surface area contributed by atoms with E-state index in [1.54, 1.807) is 0 Å². The number of nitrogens with one attached hydrogen (secondary N) is 1. The summed E-state index contributed by atoms with van der Waals surface area (Å²) in [5.74, 6) is 0. The molecule has 0 aliphatic heterocycles. The lowest BCUT2D eigenvalue weighted by atomic mass is 10.1. The van der Waals surface area contributed by atoms with Crippen LogP contribution in [0.3, 0.4) is 0 Å². The molecule has 1 aromatic heterocycles. The number of H-pyrrole nitrogens is 1. The summed E-state index contributed by atoms with van der Waals surface area (Å²) < 4.78 is 0. The molecule has 0 atom stereocenters. The molecule has 0 saturated heterocycles. The van der Waals surface area contributed by atoms with Gasteiger partial charge in [0, 0.05) is 16.6 Å². The monoisotopic (exact) mass is 173 g/mol. The van der Waals surface area contributed by atoms with Crippen LogP contribution in [0.4, 0.5) is 0 Å². The summed E-state index contributed by atoms with van der Waals surface area (Å²) in [4.78, 5) is 3.39. The predicted molar refractivity (Wildman–Crippen MR) is 57.2 cm³/mol. The number of aromatic nitrogens is 1. The second-order valence-corrected chi connectivity index (χ2v) is 3.86. The van der Waals surface area contributed by atoms with E-state index in [4.69, 9.17) is 0 Å². The minimum atomic E-state index is 1.26. The Balaban J connectivity index is 2.89. The van der Waals surface area contributed by atoms with Crippen LogP contribution in [-0.4, -0.2) is 4.98 Å². The van der Waals surface area contributed by atoms with Crippen molar-refractivity contribution in [2.45, 2.75) is 27.7 Å². The Morgan fingerprint density at radius 1 is 0.923 bits per heavy atom. The average molecular weight is 173 g/mol. The molecule has 0 bridgehead atoms. The first kappa shape index (κ1) is 8.36. The maximum Gasteiger partial charge on any atom is 0.0461 e. The molecular weight excluding hydrogens is 158 g/mol. The molecule has 1 heteroatoms. The summed E-state index contributed by atoms with van der Waals surface area (Å²) in [6.07, 6.45) is 0. The molecule has 0 amide bonds. The first-order valence-corrected chi connectivity index (χ1v) is 4.65. The van der Waals surface area contributed by atoms with Crippen molar-refractivity contribution in [1.82, 2.24) is 4.98 Å². The second kappa shape index (κ2) is 2.63. The topological polar surface area (TPSA) is 15.8 Å². The van der Waals surface area contributed by atoms with E-state index < -0.39 is 0 Å². The summed E-state index contributed by atoms with van der Waals surface area (Å²) in [5.41, 5.74) is 6.64. The molecule has 2 aromatic rings. The zero-order chi connectivity index (χ0) is 9.59. The average Bonchev–Trinajstić information content (AvgIpc) is 2.32. The summed E-state index contributed by atoms with van der Waals surface area (Å²) in [5, 5.41) is 1.36. The van der Waals surface area contributed by atoms with Crippen LogP contribution in [0.25, 0.3) is 10.9 Å². The van der Waals surface area contributed by atoms with Crippen molar-refractivity contribution in [2.75, 3.05) is 0 Å². The van der Waals surface area contributed by atoms with E-state index in [0.717, 1.165) is 0 Å². The molecule has 1 heterocycles. The first-order chi connectivity index (χ1) is 6.09. The largest absolute Gasteiger partial charge is 0.358 e. The van der Waals surface area contributed by atoms with E-state index in [9.17, 15) is 0 Å². The highest BCUT2D eigenvalue weighted by molar-refractivity contribution is 5.85. The lowest BCUT2D eigenvalue weighted by Gasteiger charge is -1.99. The Bertz CT molecular complexity index is 463. The van der Waals surface area contributed by atoms with Gasteiger partial charge in [0.25, 0.3) is 0 Å². The molecule has 0 radical (unpaired) electrons. The molecular formula is C12H15N. The highest BCUT2D eigenvalue weighted by atomic mass is 14.7. The molecule has 1 aromatic carbocycles. The number of rotatable bonds is 0. The fourth-order valence-corrected chi connectivity index (χ4v) is 1.73. The van der Waals surface area contributed by atoms with Crippen LogP contribution in [0.15, 0.2) is 12.1 Å². The molecule has 1 nitrogen and oxygen atoms in total. The van der Waals surface area contributed by atoms with Crippen molar-refractivity contribution < 1.29 is 0 Å². The van der Waals surface area contributed by atoms with Crippen LogP contribution >= 0.6 is 0 Å². The van der Waals surface area contributed by atoms with Crippen molar-refractivity contribution in [3.05, 3.63) is 34.5 Å². The Morgan fingerprint density at radius 3 is 2.23 bits per heavy atom. The number of hydrogen-bond donors (Lipinski definition) is 1.